The fourth-order valence-electron chi connectivity index (χ4n) is 3.16. The van der Waals surface area contributed by atoms with Gasteiger partial charge in [0.2, 0.25) is 5.91 Å². The second-order valence-corrected chi connectivity index (χ2v) is 8.93. The van der Waals surface area contributed by atoms with E-state index in [9.17, 15) is 19.7 Å². The third-order valence-corrected chi connectivity index (χ3v) is 5.06. The molecule has 0 aliphatic rings. The molecule has 0 aliphatic carbocycles. The van der Waals surface area contributed by atoms with Gasteiger partial charge in [0.1, 0.15) is 5.82 Å². The molecule has 0 spiro atoms. The number of amides is 2. The van der Waals surface area contributed by atoms with Gasteiger partial charge in [-0.15, -0.1) is 0 Å². The van der Waals surface area contributed by atoms with Crippen LogP contribution in [-0.4, -0.2) is 45.0 Å². The number of anilines is 1. The lowest BCUT2D eigenvalue weighted by atomic mass is 9.92. The average Bonchev–Trinajstić information content (AvgIpc) is 3.17. The van der Waals surface area contributed by atoms with Crippen molar-refractivity contribution in [2.75, 3.05) is 18.9 Å². The van der Waals surface area contributed by atoms with E-state index >= 15 is 0 Å². The maximum atomic E-state index is 12.8. The van der Waals surface area contributed by atoms with Crippen molar-refractivity contribution in [3.05, 3.63) is 81.5 Å². The molecule has 1 N–H and O–H groups in total. The van der Waals surface area contributed by atoms with Gasteiger partial charge in [-0.05, 0) is 25.1 Å². The summed E-state index contributed by atoms with van der Waals surface area (Å²) in [7, 11) is 1.47. The Morgan fingerprint density at radius 3 is 2.39 bits per heavy atom. The Morgan fingerprint density at radius 2 is 1.79 bits per heavy atom. The summed E-state index contributed by atoms with van der Waals surface area (Å²) in [6.07, 6.45) is 0. The summed E-state index contributed by atoms with van der Waals surface area (Å²) in [6, 6.07) is 15.0. The maximum Gasteiger partial charge on any atom is 0.270 e. The molecule has 0 aliphatic heterocycles. The number of carbonyl (C=O) groups is 2. The van der Waals surface area contributed by atoms with Crippen LogP contribution in [0, 0.1) is 17.0 Å². The molecule has 0 radical (unpaired) electrons. The van der Waals surface area contributed by atoms with Crippen LogP contribution in [0.1, 0.15) is 42.4 Å². The lowest BCUT2D eigenvalue weighted by molar-refractivity contribution is -0.384. The van der Waals surface area contributed by atoms with E-state index in [4.69, 9.17) is 0 Å². The van der Waals surface area contributed by atoms with Crippen molar-refractivity contribution in [2.45, 2.75) is 33.1 Å². The van der Waals surface area contributed by atoms with Crippen LogP contribution < -0.4 is 5.32 Å². The van der Waals surface area contributed by atoms with Gasteiger partial charge in [0, 0.05) is 36.2 Å². The number of benzene rings is 2. The summed E-state index contributed by atoms with van der Waals surface area (Å²) in [5.74, 6) is -0.411. The maximum absolute atomic E-state index is 12.8. The van der Waals surface area contributed by atoms with Gasteiger partial charge in [-0.3, -0.25) is 19.7 Å². The van der Waals surface area contributed by atoms with E-state index in [0.717, 1.165) is 16.9 Å². The summed E-state index contributed by atoms with van der Waals surface area (Å²) in [5, 5.41) is 18.5. The first-order valence-electron chi connectivity index (χ1n) is 10.4. The summed E-state index contributed by atoms with van der Waals surface area (Å²) < 4.78 is 1.67. The number of hydrogen-bond donors (Lipinski definition) is 1. The number of hydrogen-bond acceptors (Lipinski definition) is 5. The van der Waals surface area contributed by atoms with Gasteiger partial charge in [-0.25, -0.2) is 4.68 Å². The molecule has 0 atom stereocenters. The van der Waals surface area contributed by atoms with Crippen molar-refractivity contribution in [1.29, 1.82) is 0 Å². The first-order valence-corrected chi connectivity index (χ1v) is 10.4. The molecule has 33 heavy (non-hydrogen) atoms. The predicted molar refractivity (Wildman–Crippen MR) is 126 cm³/mol. The van der Waals surface area contributed by atoms with Crippen LogP contribution in [0.2, 0.25) is 0 Å². The number of likely N-dealkylation sites (N-methyl/N-ethyl adjacent to an activating group) is 1. The second-order valence-electron chi connectivity index (χ2n) is 8.93. The number of aryl methyl sites for hydroxylation is 1. The number of nitro benzene ring substituents is 1. The fourth-order valence-corrected chi connectivity index (χ4v) is 3.16. The van der Waals surface area contributed by atoms with Gasteiger partial charge in [0.15, 0.2) is 0 Å². The fraction of sp³-hybridized carbons (Fsp3) is 0.292. The van der Waals surface area contributed by atoms with E-state index < -0.39 is 16.7 Å². The van der Waals surface area contributed by atoms with Crippen LogP contribution in [0.15, 0.2) is 54.6 Å². The Morgan fingerprint density at radius 1 is 1.12 bits per heavy atom. The van der Waals surface area contributed by atoms with E-state index in [-0.39, 0.29) is 23.2 Å². The SMILES string of the molecule is Cc1ccc(-n2nc(C(C)(C)C)cc2NC(=O)CN(C)C(=O)c2cccc([N+](=O)[O-])c2)cc1. The number of nitrogens with one attached hydrogen (secondary N) is 1. The summed E-state index contributed by atoms with van der Waals surface area (Å²) in [6.45, 7) is 7.86. The zero-order valence-corrected chi connectivity index (χ0v) is 19.3. The van der Waals surface area contributed by atoms with Crippen LogP contribution in [0.4, 0.5) is 11.5 Å². The summed E-state index contributed by atoms with van der Waals surface area (Å²) >= 11 is 0. The number of aromatic nitrogens is 2. The molecule has 0 unspecified atom stereocenters. The first-order chi connectivity index (χ1) is 15.5. The molecular weight excluding hydrogens is 422 g/mol. The minimum absolute atomic E-state index is 0.138. The summed E-state index contributed by atoms with van der Waals surface area (Å²) in [4.78, 5) is 37.1. The molecule has 0 saturated heterocycles. The van der Waals surface area contributed by atoms with Crippen molar-refractivity contribution in [1.82, 2.24) is 14.7 Å². The zero-order chi connectivity index (χ0) is 24.3. The van der Waals surface area contributed by atoms with E-state index in [0.29, 0.717) is 5.82 Å². The molecule has 172 valence electrons. The molecule has 1 aromatic heterocycles. The Labute approximate surface area is 192 Å². The Kier molecular flexibility index (Phi) is 6.62. The lowest BCUT2D eigenvalue weighted by Crippen LogP contribution is -2.35. The lowest BCUT2D eigenvalue weighted by Gasteiger charge is -2.17. The third kappa shape index (κ3) is 5.62. The highest BCUT2D eigenvalue weighted by Crippen LogP contribution is 2.26. The Bertz CT molecular complexity index is 1190. The van der Waals surface area contributed by atoms with Crippen LogP contribution >= 0.6 is 0 Å². The van der Waals surface area contributed by atoms with Gasteiger partial charge in [-0.2, -0.15) is 5.10 Å². The normalized spacial score (nSPS) is 11.2. The van der Waals surface area contributed by atoms with Crippen molar-refractivity contribution in [3.8, 4) is 5.69 Å². The monoisotopic (exact) mass is 449 g/mol. The first kappa shape index (κ1) is 23.6. The van der Waals surface area contributed by atoms with Crippen LogP contribution in [0.25, 0.3) is 5.69 Å². The number of nitro groups is 1. The Hall–Kier alpha value is -4.01. The van der Waals surface area contributed by atoms with Crippen LogP contribution in [0.5, 0.6) is 0 Å². The van der Waals surface area contributed by atoms with E-state index in [2.05, 4.69) is 10.4 Å². The van der Waals surface area contributed by atoms with Gasteiger partial charge < -0.3 is 10.2 Å². The number of rotatable bonds is 6. The van der Waals surface area contributed by atoms with Gasteiger partial charge in [-0.1, -0.05) is 44.5 Å². The molecule has 2 aromatic carbocycles. The quantitative estimate of drug-likeness (QED) is 0.450. The standard InChI is InChI=1S/C24H27N5O4/c1-16-9-11-18(12-10-16)28-21(14-20(26-28)24(2,3)4)25-22(30)15-27(5)23(31)17-7-6-8-19(13-17)29(32)33/h6-14H,15H2,1-5H3,(H,25,30). The molecule has 1 heterocycles. The topological polar surface area (TPSA) is 110 Å². The van der Waals surface area contributed by atoms with Crippen molar-refractivity contribution in [3.63, 3.8) is 0 Å². The number of nitrogens with zero attached hydrogens (tertiary/aromatic N) is 4. The van der Waals surface area contributed by atoms with Crippen molar-refractivity contribution < 1.29 is 14.5 Å². The van der Waals surface area contributed by atoms with Gasteiger partial charge in [0.25, 0.3) is 11.6 Å². The average molecular weight is 450 g/mol. The highest BCUT2D eigenvalue weighted by molar-refractivity contribution is 5.99. The van der Waals surface area contributed by atoms with Crippen molar-refractivity contribution >= 4 is 23.3 Å². The highest BCUT2D eigenvalue weighted by Gasteiger charge is 2.23. The number of non-ortho nitro benzene ring substituents is 1. The smallest absolute Gasteiger partial charge is 0.270 e. The van der Waals surface area contributed by atoms with E-state index in [1.54, 1.807) is 4.68 Å². The minimum atomic E-state index is -0.567. The molecule has 9 heteroatoms. The Balaban J connectivity index is 1.80. The third-order valence-electron chi connectivity index (χ3n) is 5.06. The van der Waals surface area contributed by atoms with Gasteiger partial charge in [0.05, 0.1) is 22.8 Å². The largest absolute Gasteiger partial charge is 0.332 e. The number of carbonyl (C=O) groups excluding carboxylic acids is 2. The van der Waals surface area contributed by atoms with E-state index in [1.165, 1.54) is 36.2 Å². The second kappa shape index (κ2) is 9.23. The minimum Gasteiger partial charge on any atom is -0.332 e. The molecule has 0 fully saturated rings. The molecule has 0 saturated carbocycles. The molecular formula is C24H27N5O4. The van der Waals surface area contributed by atoms with Crippen molar-refractivity contribution in [2.24, 2.45) is 0 Å². The molecule has 9 nitrogen and oxygen atoms in total. The summed E-state index contributed by atoms with van der Waals surface area (Å²) in [5.41, 5.74) is 2.43. The molecule has 2 amide bonds. The predicted octanol–water partition coefficient (Wildman–Crippen LogP) is 4.10. The van der Waals surface area contributed by atoms with Crippen LogP contribution in [0.3, 0.4) is 0 Å². The molecule has 3 aromatic rings. The zero-order valence-electron chi connectivity index (χ0n) is 19.3. The van der Waals surface area contributed by atoms with E-state index in [1.807, 2.05) is 58.0 Å². The highest BCUT2D eigenvalue weighted by atomic mass is 16.6. The molecule has 0 bridgehead atoms. The van der Waals surface area contributed by atoms with Gasteiger partial charge >= 0.3 is 0 Å². The van der Waals surface area contributed by atoms with Crippen LogP contribution in [-0.2, 0) is 10.2 Å². The molecule has 3 rings (SSSR count).